The Hall–Kier alpha value is -1.14. The molecule has 6 heteroatoms. The first-order valence-electron chi connectivity index (χ1n) is 4.82. The highest BCUT2D eigenvalue weighted by atomic mass is 32.2. The van der Waals surface area contributed by atoms with Gasteiger partial charge in [0.25, 0.3) is 0 Å². The van der Waals surface area contributed by atoms with Gasteiger partial charge in [0.05, 0.1) is 16.3 Å². The van der Waals surface area contributed by atoms with Crippen LogP contribution in [0.5, 0.6) is 5.75 Å². The summed E-state index contributed by atoms with van der Waals surface area (Å²) in [6.07, 6.45) is 0. The van der Waals surface area contributed by atoms with Gasteiger partial charge in [-0.25, -0.2) is 8.42 Å². The van der Waals surface area contributed by atoms with E-state index in [-0.39, 0.29) is 10.6 Å². The summed E-state index contributed by atoms with van der Waals surface area (Å²) in [5.74, 6) is 0.709. The van der Waals surface area contributed by atoms with Gasteiger partial charge in [0.1, 0.15) is 17.3 Å². The maximum atomic E-state index is 11.7. The third-order valence-corrected chi connectivity index (χ3v) is 4.28. The first-order chi connectivity index (χ1) is 7.53. The van der Waals surface area contributed by atoms with Crippen molar-refractivity contribution in [1.82, 2.24) is 0 Å². The van der Waals surface area contributed by atoms with Gasteiger partial charge in [0.15, 0.2) is 9.84 Å². The molecular weight excluding hydrogens is 246 g/mol. The first-order valence-corrected chi connectivity index (χ1v) is 6.88. The molecule has 86 valence electrons. The maximum absolute atomic E-state index is 11.7. The van der Waals surface area contributed by atoms with E-state index in [1.807, 2.05) is 0 Å². The molecule has 0 aliphatic carbocycles. The number of fused-ring (bicyclic) bond motifs is 1. The van der Waals surface area contributed by atoms with Crippen LogP contribution < -0.4 is 10.1 Å². The van der Waals surface area contributed by atoms with Crippen LogP contribution in [0.25, 0.3) is 0 Å². The third-order valence-electron chi connectivity index (χ3n) is 2.32. The highest BCUT2D eigenvalue weighted by Crippen LogP contribution is 2.30. The molecule has 0 fully saturated rings. The molecule has 1 heterocycles. The van der Waals surface area contributed by atoms with E-state index in [0.29, 0.717) is 23.0 Å². The molecule has 1 aromatic carbocycles. The zero-order valence-corrected chi connectivity index (χ0v) is 10.3. The van der Waals surface area contributed by atoms with Crippen molar-refractivity contribution >= 4 is 32.7 Å². The zero-order chi connectivity index (χ0) is 11.8. The first kappa shape index (κ1) is 11.3. The smallest absolute Gasteiger partial charge is 0.178 e. The minimum Gasteiger partial charge on any atom is -0.484 e. The molecule has 0 bridgehead atoms. The van der Waals surface area contributed by atoms with Gasteiger partial charge < -0.3 is 10.1 Å². The van der Waals surface area contributed by atoms with Crippen LogP contribution in [0, 0.1) is 0 Å². The Bertz CT molecular complexity index is 537. The second-order valence-electron chi connectivity index (χ2n) is 3.40. The summed E-state index contributed by atoms with van der Waals surface area (Å²) in [6.45, 7) is 1.95. The zero-order valence-electron chi connectivity index (χ0n) is 8.69. The van der Waals surface area contributed by atoms with E-state index < -0.39 is 9.84 Å². The number of sulfone groups is 1. The molecule has 0 radical (unpaired) electrons. The maximum Gasteiger partial charge on any atom is 0.178 e. The van der Waals surface area contributed by atoms with Gasteiger partial charge in [-0.3, -0.25) is 0 Å². The second-order valence-corrected chi connectivity index (χ2v) is 6.17. The summed E-state index contributed by atoms with van der Waals surface area (Å²) in [4.78, 5) is 0.841. The Morgan fingerprint density at radius 3 is 2.94 bits per heavy atom. The molecule has 0 aromatic heterocycles. The molecule has 0 amide bonds. The van der Waals surface area contributed by atoms with E-state index in [0.717, 1.165) is 0 Å². The van der Waals surface area contributed by atoms with Crippen molar-refractivity contribution in [1.29, 1.82) is 0 Å². The lowest BCUT2D eigenvalue weighted by molar-refractivity contribution is 0.374. The van der Waals surface area contributed by atoms with E-state index in [1.54, 1.807) is 25.1 Å². The van der Waals surface area contributed by atoms with E-state index in [1.165, 1.54) is 0 Å². The molecule has 1 aliphatic heterocycles. The van der Waals surface area contributed by atoms with E-state index >= 15 is 0 Å². The fourth-order valence-corrected chi connectivity index (χ4v) is 2.50. The predicted octanol–water partition coefficient (Wildman–Crippen LogP) is 1.61. The Balaban J connectivity index is 2.47. The normalized spacial score (nSPS) is 14.9. The van der Waals surface area contributed by atoms with Crippen molar-refractivity contribution < 1.29 is 13.2 Å². The Morgan fingerprint density at radius 2 is 2.25 bits per heavy atom. The molecule has 0 spiro atoms. The monoisotopic (exact) mass is 257 g/mol. The van der Waals surface area contributed by atoms with Crippen LogP contribution in [0.4, 0.5) is 5.69 Å². The summed E-state index contributed by atoms with van der Waals surface area (Å²) in [5.41, 5.74) is 0.616. The molecule has 16 heavy (non-hydrogen) atoms. The second kappa shape index (κ2) is 4.03. The number of anilines is 1. The van der Waals surface area contributed by atoms with E-state index in [4.69, 9.17) is 17.0 Å². The van der Waals surface area contributed by atoms with Crippen LogP contribution in [-0.4, -0.2) is 25.8 Å². The number of benzene rings is 1. The quantitative estimate of drug-likeness (QED) is 0.816. The summed E-state index contributed by atoms with van der Waals surface area (Å²) in [7, 11) is -3.19. The van der Waals surface area contributed by atoms with Gasteiger partial charge in [-0.15, -0.1) is 0 Å². The van der Waals surface area contributed by atoms with Crippen molar-refractivity contribution in [3.05, 3.63) is 18.2 Å². The summed E-state index contributed by atoms with van der Waals surface area (Å²) < 4.78 is 28.7. The average molecular weight is 257 g/mol. The molecule has 1 N–H and O–H groups in total. The number of hydrogen-bond acceptors (Lipinski definition) is 4. The number of thiocarbonyl (C=S) groups is 1. The van der Waals surface area contributed by atoms with E-state index in [9.17, 15) is 8.42 Å². The topological polar surface area (TPSA) is 55.4 Å². The minimum atomic E-state index is -3.19. The lowest BCUT2D eigenvalue weighted by Gasteiger charge is -2.20. The molecule has 0 unspecified atom stereocenters. The Kier molecular flexibility index (Phi) is 2.86. The third kappa shape index (κ3) is 2.03. The highest BCUT2D eigenvalue weighted by Gasteiger charge is 2.18. The summed E-state index contributed by atoms with van der Waals surface area (Å²) in [5, 5.41) is 2.94. The number of ether oxygens (including phenoxy) is 1. The lowest BCUT2D eigenvalue weighted by Crippen LogP contribution is -2.23. The number of rotatable bonds is 2. The van der Waals surface area contributed by atoms with Crippen LogP contribution in [0.15, 0.2) is 23.1 Å². The minimum absolute atomic E-state index is 0.0804. The van der Waals surface area contributed by atoms with Crippen LogP contribution in [0.3, 0.4) is 0 Å². The van der Waals surface area contributed by atoms with Gasteiger partial charge in [-0.05, 0) is 18.2 Å². The van der Waals surface area contributed by atoms with Crippen LogP contribution in [0.1, 0.15) is 6.92 Å². The van der Waals surface area contributed by atoms with Gasteiger partial charge in [0, 0.05) is 0 Å². The average Bonchev–Trinajstić information content (AvgIpc) is 2.28. The standard InChI is InChI=1S/C10H11NO3S2/c1-2-16(12,13)7-3-4-9-8(5-7)11-10(15)6-14-9/h3-5H,2,6H2,1H3,(H,11,15). The summed E-state index contributed by atoms with van der Waals surface area (Å²) in [6, 6.07) is 4.75. The Labute approximate surface area is 99.5 Å². The molecule has 1 aliphatic rings. The largest absolute Gasteiger partial charge is 0.484 e. The van der Waals surface area contributed by atoms with E-state index in [2.05, 4.69) is 5.32 Å². The molecule has 0 atom stereocenters. The van der Waals surface area contributed by atoms with Gasteiger partial charge in [-0.1, -0.05) is 19.1 Å². The predicted molar refractivity (Wildman–Crippen MR) is 65.9 cm³/mol. The van der Waals surface area contributed by atoms with Crippen LogP contribution in [-0.2, 0) is 9.84 Å². The van der Waals surface area contributed by atoms with Crippen LogP contribution in [0.2, 0.25) is 0 Å². The van der Waals surface area contributed by atoms with Gasteiger partial charge >= 0.3 is 0 Å². The van der Waals surface area contributed by atoms with Gasteiger partial charge in [-0.2, -0.15) is 0 Å². The molecule has 2 rings (SSSR count). The summed E-state index contributed by atoms with van der Waals surface area (Å²) >= 11 is 4.96. The molecule has 1 aromatic rings. The van der Waals surface area contributed by atoms with Gasteiger partial charge in [0.2, 0.25) is 0 Å². The van der Waals surface area contributed by atoms with Crippen molar-refractivity contribution in [2.45, 2.75) is 11.8 Å². The number of nitrogens with one attached hydrogen (secondary N) is 1. The highest BCUT2D eigenvalue weighted by molar-refractivity contribution is 7.91. The molecule has 0 saturated heterocycles. The van der Waals surface area contributed by atoms with Crippen molar-refractivity contribution in [3.8, 4) is 5.75 Å². The molecule has 4 nitrogen and oxygen atoms in total. The SMILES string of the molecule is CCS(=O)(=O)c1ccc2c(c1)NC(=S)CO2. The molecule has 0 saturated carbocycles. The number of hydrogen-bond donors (Lipinski definition) is 1. The van der Waals surface area contributed by atoms with Crippen LogP contribution >= 0.6 is 12.2 Å². The van der Waals surface area contributed by atoms with Crippen molar-refractivity contribution in [3.63, 3.8) is 0 Å². The Morgan fingerprint density at radius 1 is 1.50 bits per heavy atom. The lowest BCUT2D eigenvalue weighted by atomic mass is 10.2. The fourth-order valence-electron chi connectivity index (χ4n) is 1.42. The van der Waals surface area contributed by atoms with Crippen molar-refractivity contribution in [2.75, 3.05) is 17.7 Å². The fraction of sp³-hybridized carbons (Fsp3) is 0.300. The van der Waals surface area contributed by atoms with Crippen molar-refractivity contribution in [2.24, 2.45) is 0 Å². The molecular formula is C10H11NO3S2.